The van der Waals surface area contributed by atoms with Crippen molar-refractivity contribution < 1.29 is 4.42 Å². The number of anilines is 1. The minimum Gasteiger partial charge on any atom is -0.459 e. The fourth-order valence-corrected chi connectivity index (χ4v) is 2.72. The molecule has 0 amide bonds. The number of fused-ring (bicyclic) bond motifs is 1. The van der Waals surface area contributed by atoms with Gasteiger partial charge < -0.3 is 9.73 Å². The molecule has 1 unspecified atom stereocenters. The molecule has 0 saturated heterocycles. The first-order valence-electron chi connectivity index (χ1n) is 6.33. The maximum atomic E-state index is 5.99. The number of benzene rings is 2. The van der Waals surface area contributed by atoms with E-state index in [-0.39, 0.29) is 6.04 Å². The first-order valence-corrected chi connectivity index (χ1v) is 7.50. The van der Waals surface area contributed by atoms with Crippen molar-refractivity contribution in [2.45, 2.75) is 13.0 Å². The highest BCUT2D eigenvalue weighted by Gasteiger charge is 2.11. The van der Waals surface area contributed by atoms with E-state index >= 15 is 0 Å². The predicted octanol–water partition coefficient (Wildman–Crippen LogP) is 6.02. The quantitative estimate of drug-likeness (QED) is 0.624. The summed E-state index contributed by atoms with van der Waals surface area (Å²) in [6.45, 7) is 2.06. The summed E-state index contributed by atoms with van der Waals surface area (Å²) in [5.74, 6) is 0.901. The first-order chi connectivity index (χ1) is 9.61. The molecule has 0 radical (unpaired) electrons. The van der Waals surface area contributed by atoms with E-state index in [1.165, 1.54) is 0 Å². The van der Waals surface area contributed by atoms with Crippen molar-refractivity contribution in [1.82, 2.24) is 0 Å². The third-order valence-corrected chi connectivity index (χ3v) is 3.86. The fraction of sp³-hybridized carbons (Fsp3) is 0.125. The van der Waals surface area contributed by atoms with Crippen molar-refractivity contribution >= 4 is 44.2 Å². The van der Waals surface area contributed by atoms with Crippen LogP contribution >= 0.6 is 27.5 Å². The number of nitrogens with one attached hydrogen (secondary N) is 1. The minimum absolute atomic E-state index is 0.0691. The second-order valence-electron chi connectivity index (χ2n) is 4.71. The van der Waals surface area contributed by atoms with Crippen LogP contribution in [0.1, 0.15) is 18.7 Å². The maximum absolute atomic E-state index is 5.99. The van der Waals surface area contributed by atoms with E-state index in [0.717, 1.165) is 31.9 Å². The lowest BCUT2D eigenvalue weighted by Crippen LogP contribution is -2.05. The zero-order valence-electron chi connectivity index (χ0n) is 10.9. The van der Waals surface area contributed by atoms with Crippen LogP contribution in [0, 0.1) is 0 Å². The van der Waals surface area contributed by atoms with Crippen molar-refractivity contribution in [3.05, 3.63) is 63.8 Å². The highest BCUT2D eigenvalue weighted by molar-refractivity contribution is 9.10. The molecule has 0 fully saturated rings. The van der Waals surface area contributed by atoms with Crippen LogP contribution in [0.25, 0.3) is 11.0 Å². The second kappa shape index (κ2) is 5.51. The summed E-state index contributed by atoms with van der Waals surface area (Å²) in [5, 5.41) is 5.19. The molecular weight excluding hydrogens is 338 g/mol. The van der Waals surface area contributed by atoms with Gasteiger partial charge in [-0.15, -0.1) is 0 Å². The Morgan fingerprint density at radius 3 is 2.80 bits per heavy atom. The van der Waals surface area contributed by atoms with Gasteiger partial charge in [0, 0.05) is 20.6 Å². The molecule has 1 aromatic heterocycles. The van der Waals surface area contributed by atoms with Gasteiger partial charge >= 0.3 is 0 Å². The summed E-state index contributed by atoms with van der Waals surface area (Å²) in [4.78, 5) is 0. The third kappa shape index (κ3) is 2.84. The molecule has 4 heteroatoms. The molecule has 1 N–H and O–H groups in total. The number of halogens is 2. The summed E-state index contributed by atoms with van der Waals surface area (Å²) in [6.07, 6.45) is 0. The van der Waals surface area contributed by atoms with Gasteiger partial charge in [0.15, 0.2) is 0 Å². The average Bonchev–Trinajstić information content (AvgIpc) is 2.81. The Labute approximate surface area is 130 Å². The molecule has 0 spiro atoms. The monoisotopic (exact) mass is 349 g/mol. The zero-order valence-corrected chi connectivity index (χ0v) is 13.2. The minimum atomic E-state index is 0.0691. The molecule has 0 aliphatic rings. The Morgan fingerprint density at radius 2 is 2.00 bits per heavy atom. The normalized spacial score (nSPS) is 12.6. The van der Waals surface area contributed by atoms with Crippen molar-refractivity contribution in [3.63, 3.8) is 0 Å². The standard InChI is InChI=1S/C16H13BrClNO/c1-10(19-14-4-2-3-13(18)9-14)16-8-11-7-12(17)5-6-15(11)20-16/h2-10,19H,1H3. The molecule has 20 heavy (non-hydrogen) atoms. The molecule has 0 bridgehead atoms. The van der Waals surface area contributed by atoms with Gasteiger partial charge in [-0.1, -0.05) is 33.6 Å². The maximum Gasteiger partial charge on any atom is 0.134 e. The van der Waals surface area contributed by atoms with Crippen LogP contribution in [0.2, 0.25) is 5.02 Å². The van der Waals surface area contributed by atoms with E-state index in [4.69, 9.17) is 16.0 Å². The average molecular weight is 351 g/mol. The van der Waals surface area contributed by atoms with Gasteiger partial charge in [0.2, 0.25) is 0 Å². The predicted molar refractivity (Wildman–Crippen MR) is 87.4 cm³/mol. The molecule has 102 valence electrons. The molecule has 3 rings (SSSR count). The summed E-state index contributed by atoms with van der Waals surface area (Å²) in [6, 6.07) is 15.8. The van der Waals surface area contributed by atoms with Crippen LogP contribution in [-0.2, 0) is 0 Å². The summed E-state index contributed by atoms with van der Waals surface area (Å²) < 4.78 is 6.92. The van der Waals surface area contributed by atoms with Crippen LogP contribution in [-0.4, -0.2) is 0 Å². The van der Waals surface area contributed by atoms with E-state index in [9.17, 15) is 0 Å². The van der Waals surface area contributed by atoms with Gasteiger partial charge in [0.25, 0.3) is 0 Å². The number of hydrogen-bond donors (Lipinski definition) is 1. The Morgan fingerprint density at radius 1 is 1.15 bits per heavy atom. The highest BCUT2D eigenvalue weighted by atomic mass is 79.9. The Balaban J connectivity index is 1.86. The second-order valence-corrected chi connectivity index (χ2v) is 6.06. The van der Waals surface area contributed by atoms with Gasteiger partial charge in [-0.3, -0.25) is 0 Å². The van der Waals surface area contributed by atoms with Crippen molar-refractivity contribution in [3.8, 4) is 0 Å². The van der Waals surface area contributed by atoms with Crippen LogP contribution in [0.15, 0.2) is 57.4 Å². The van der Waals surface area contributed by atoms with Crippen molar-refractivity contribution in [2.24, 2.45) is 0 Å². The van der Waals surface area contributed by atoms with Gasteiger partial charge in [0.1, 0.15) is 11.3 Å². The van der Waals surface area contributed by atoms with Gasteiger partial charge in [0.05, 0.1) is 6.04 Å². The molecule has 3 aromatic rings. The van der Waals surface area contributed by atoms with E-state index < -0.39 is 0 Å². The molecule has 1 atom stereocenters. The summed E-state index contributed by atoms with van der Waals surface area (Å²) in [5.41, 5.74) is 1.87. The molecule has 0 saturated carbocycles. The largest absolute Gasteiger partial charge is 0.459 e. The SMILES string of the molecule is CC(Nc1cccc(Cl)c1)c1cc2cc(Br)ccc2o1. The highest BCUT2D eigenvalue weighted by Crippen LogP contribution is 2.28. The van der Waals surface area contributed by atoms with Crippen LogP contribution in [0.3, 0.4) is 0 Å². The smallest absolute Gasteiger partial charge is 0.134 e. The Hall–Kier alpha value is -1.45. The molecule has 0 aliphatic heterocycles. The van der Waals surface area contributed by atoms with Gasteiger partial charge in [-0.2, -0.15) is 0 Å². The van der Waals surface area contributed by atoms with E-state index in [2.05, 4.69) is 40.3 Å². The van der Waals surface area contributed by atoms with Crippen molar-refractivity contribution in [1.29, 1.82) is 0 Å². The van der Waals surface area contributed by atoms with Crippen molar-refractivity contribution in [2.75, 3.05) is 5.32 Å². The molecule has 2 aromatic carbocycles. The van der Waals surface area contributed by atoms with Crippen LogP contribution in [0.5, 0.6) is 0 Å². The molecule has 1 heterocycles. The van der Waals surface area contributed by atoms with Crippen LogP contribution < -0.4 is 5.32 Å². The fourth-order valence-electron chi connectivity index (χ4n) is 2.15. The Kier molecular flexibility index (Phi) is 3.72. The van der Waals surface area contributed by atoms with Crippen LogP contribution in [0.4, 0.5) is 5.69 Å². The zero-order chi connectivity index (χ0) is 14.1. The molecular formula is C16H13BrClNO. The molecule has 0 aliphatic carbocycles. The van der Waals surface area contributed by atoms with E-state index in [1.807, 2.05) is 36.4 Å². The topological polar surface area (TPSA) is 25.2 Å². The van der Waals surface area contributed by atoms with Gasteiger partial charge in [-0.25, -0.2) is 0 Å². The summed E-state index contributed by atoms with van der Waals surface area (Å²) in [7, 11) is 0. The number of furan rings is 1. The lowest BCUT2D eigenvalue weighted by atomic mass is 10.2. The first kappa shape index (κ1) is 13.5. The number of hydrogen-bond acceptors (Lipinski definition) is 2. The lowest BCUT2D eigenvalue weighted by molar-refractivity contribution is 0.526. The van der Waals surface area contributed by atoms with E-state index in [1.54, 1.807) is 0 Å². The van der Waals surface area contributed by atoms with E-state index in [0.29, 0.717) is 0 Å². The lowest BCUT2D eigenvalue weighted by Gasteiger charge is -2.12. The Bertz CT molecular complexity index is 753. The number of rotatable bonds is 3. The summed E-state index contributed by atoms with van der Waals surface area (Å²) >= 11 is 9.46. The molecule has 2 nitrogen and oxygen atoms in total. The third-order valence-electron chi connectivity index (χ3n) is 3.13. The van der Waals surface area contributed by atoms with Gasteiger partial charge in [-0.05, 0) is 49.4 Å².